The van der Waals surface area contributed by atoms with E-state index in [0.29, 0.717) is 16.8 Å². The third-order valence-electron chi connectivity index (χ3n) is 3.63. The van der Waals surface area contributed by atoms with Gasteiger partial charge in [-0.1, -0.05) is 0 Å². The lowest BCUT2D eigenvalue weighted by Gasteiger charge is -2.18. The molecule has 1 amide bonds. The molecule has 1 fully saturated rings. The number of amides is 1. The van der Waals surface area contributed by atoms with Crippen molar-refractivity contribution in [2.24, 2.45) is 0 Å². The van der Waals surface area contributed by atoms with Gasteiger partial charge in [0.1, 0.15) is 0 Å². The van der Waals surface area contributed by atoms with Crippen LogP contribution in [0.5, 0.6) is 0 Å². The van der Waals surface area contributed by atoms with E-state index in [9.17, 15) is 4.79 Å². The van der Waals surface area contributed by atoms with Gasteiger partial charge in [-0.25, -0.2) is 4.98 Å². The number of aromatic nitrogens is 1. The van der Waals surface area contributed by atoms with Crippen LogP contribution in [0.4, 0.5) is 10.8 Å². The number of carbonyl (C=O) groups excluding carboxylic acids is 1. The molecule has 3 rings (SSSR count). The molecule has 2 heterocycles. The van der Waals surface area contributed by atoms with Crippen LogP contribution in [0.25, 0.3) is 0 Å². The molecule has 0 radical (unpaired) electrons. The summed E-state index contributed by atoms with van der Waals surface area (Å²) < 4.78 is 5.37. The van der Waals surface area contributed by atoms with E-state index < -0.39 is 0 Å². The Kier molecular flexibility index (Phi) is 4.17. The fourth-order valence-electron chi connectivity index (χ4n) is 2.43. The van der Waals surface area contributed by atoms with E-state index >= 15 is 0 Å². The first-order valence-corrected chi connectivity index (χ1v) is 7.73. The van der Waals surface area contributed by atoms with Gasteiger partial charge < -0.3 is 9.64 Å². The highest BCUT2D eigenvalue weighted by molar-refractivity contribution is 7.13. The zero-order chi connectivity index (χ0) is 14.7. The molecule has 1 saturated heterocycles. The average Bonchev–Trinajstić information content (AvgIpc) is 3.18. The lowest BCUT2D eigenvalue weighted by Crippen LogP contribution is -2.22. The first-order chi connectivity index (χ1) is 10.3. The molecule has 110 valence electrons. The van der Waals surface area contributed by atoms with Gasteiger partial charge in [0.25, 0.3) is 5.91 Å². The quantitative estimate of drug-likeness (QED) is 0.943. The molecule has 0 bridgehead atoms. The predicted molar refractivity (Wildman–Crippen MR) is 84.1 cm³/mol. The summed E-state index contributed by atoms with van der Waals surface area (Å²) in [6.07, 6.45) is 3.02. The molecule has 5 nitrogen and oxygen atoms in total. The van der Waals surface area contributed by atoms with Crippen molar-refractivity contribution in [3.63, 3.8) is 0 Å². The summed E-state index contributed by atoms with van der Waals surface area (Å²) in [4.78, 5) is 18.4. The summed E-state index contributed by atoms with van der Waals surface area (Å²) in [6, 6.07) is 7.65. The number of methoxy groups -OCH3 is 1. The van der Waals surface area contributed by atoms with Crippen molar-refractivity contribution < 1.29 is 9.53 Å². The van der Waals surface area contributed by atoms with E-state index in [4.69, 9.17) is 4.74 Å². The van der Waals surface area contributed by atoms with Gasteiger partial charge in [-0.05, 0) is 30.7 Å². The molecule has 1 aliphatic rings. The first kappa shape index (κ1) is 14.0. The summed E-state index contributed by atoms with van der Waals surface area (Å²) in [6.45, 7) is 1.89. The van der Waals surface area contributed by atoms with Crippen molar-refractivity contribution in [2.75, 3.05) is 30.4 Å². The van der Waals surface area contributed by atoms with Crippen LogP contribution in [0.15, 0.2) is 35.8 Å². The number of anilines is 2. The number of hydrogen-bond donors (Lipinski definition) is 1. The second-order valence-electron chi connectivity index (χ2n) is 4.93. The maximum absolute atomic E-state index is 12.1. The predicted octanol–water partition coefficient (Wildman–Crippen LogP) is 2.62. The van der Waals surface area contributed by atoms with Crippen molar-refractivity contribution in [1.82, 2.24) is 4.98 Å². The number of benzene rings is 1. The molecule has 1 N–H and O–H groups in total. The zero-order valence-corrected chi connectivity index (χ0v) is 12.6. The Morgan fingerprint density at radius 2 is 2.24 bits per heavy atom. The van der Waals surface area contributed by atoms with Crippen LogP contribution in [-0.2, 0) is 4.74 Å². The standard InChI is InChI=1S/C15H17N3O2S/c1-20-13-6-8-18(10-13)12-4-2-11(3-5-12)14(19)17-15-16-7-9-21-15/h2-5,7,9,13H,6,8,10H2,1H3,(H,16,17,19)/t13-/m1/s1. The molecule has 0 aliphatic carbocycles. The Labute approximate surface area is 127 Å². The number of carbonyl (C=O) groups is 1. The van der Waals surface area contributed by atoms with E-state index in [1.165, 1.54) is 11.3 Å². The lowest BCUT2D eigenvalue weighted by molar-refractivity contribution is 0.102. The Balaban J connectivity index is 1.65. The number of ether oxygens (including phenoxy) is 1. The van der Waals surface area contributed by atoms with Crippen molar-refractivity contribution in [1.29, 1.82) is 0 Å². The van der Waals surface area contributed by atoms with Crippen LogP contribution in [0.1, 0.15) is 16.8 Å². The summed E-state index contributed by atoms with van der Waals surface area (Å²) in [5.41, 5.74) is 1.76. The van der Waals surface area contributed by atoms with Gasteiger partial charge >= 0.3 is 0 Å². The Bertz CT molecular complexity index is 598. The number of nitrogens with one attached hydrogen (secondary N) is 1. The van der Waals surface area contributed by atoms with Crippen LogP contribution in [0.3, 0.4) is 0 Å². The van der Waals surface area contributed by atoms with Crippen LogP contribution in [0.2, 0.25) is 0 Å². The minimum atomic E-state index is -0.132. The molecule has 21 heavy (non-hydrogen) atoms. The van der Waals surface area contributed by atoms with Crippen molar-refractivity contribution in [2.45, 2.75) is 12.5 Å². The van der Waals surface area contributed by atoms with Gasteiger partial charge in [-0.3, -0.25) is 10.1 Å². The molecule has 1 aromatic heterocycles. The Hall–Kier alpha value is -1.92. The smallest absolute Gasteiger partial charge is 0.257 e. The van der Waals surface area contributed by atoms with Crippen LogP contribution >= 0.6 is 11.3 Å². The van der Waals surface area contributed by atoms with E-state index in [2.05, 4.69) is 15.2 Å². The van der Waals surface area contributed by atoms with E-state index in [0.717, 1.165) is 25.2 Å². The van der Waals surface area contributed by atoms with Crippen molar-refractivity contribution in [3.8, 4) is 0 Å². The fraction of sp³-hybridized carbons (Fsp3) is 0.333. The highest BCUT2D eigenvalue weighted by Gasteiger charge is 2.22. The molecule has 0 unspecified atom stereocenters. The number of rotatable bonds is 4. The monoisotopic (exact) mass is 303 g/mol. The number of hydrogen-bond acceptors (Lipinski definition) is 5. The van der Waals surface area contributed by atoms with Gasteiger partial charge in [-0.2, -0.15) is 0 Å². The summed E-state index contributed by atoms with van der Waals surface area (Å²) in [7, 11) is 1.75. The third-order valence-corrected chi connectivity index (χ3v) is 4.31. The molecular formula is C15H17N3O2S. The molecule has 1 aromatic carbocycles. The van der Waals surface area contributed by atoms with Crippen LogP contribution in [-0.4, -0.2) is 37.2 Å². The number of nitrogens with zero attached hydrogens (tertiary/aromatic N) is 2. The highest BCUT2D eigenvalue weighted by Crippen LogP contribution is 2.22. The molecular weight excluding hydrogens is 286 g/mol. The minimum absolute atomic E-state index is 0.132. The van der Waals surface area contributed by atoms with Crippen LogP contribution < -0.4 is 10.2 Å². The molecule has 1 aliphatic heterocycles. The van der Waals surface area contributed by atoms with Gasteiger partial charge in [0.2, 0.25) is 0 Å². The van der Waals surface area contributed by atoms with Gasteiger partial charge in [0, 0.05) is 43.0 Å². The van der Waals surface area contributed by atoms with Gasteiger partial charge in [0.05, 0.1) is 6.10 Å². The molecule has 2 aromatic rings. The van der Waals surface area contributed by atoms with Gasteiger partial charge in [0.15, 0.2) is 5.13 Å². The summed E-state index contributed by atoms with van der Waals surface area (Å²) >= 11 is 1.41. The van der Waals surface area contributed by atoms with Gasteiger partial charge in [-0.15, -0.1) is 11.3 Å². The second kappa shape index (κ2) is 6.24. The maximum atomic E-state index is 12.1. The normalized spacial score (nSPS) is 18.0. The molecule has 1 atom stereocenters. The van der Waals surface area contributed by atoms with Crippen molar-refractivity contribution >= 4 is 28.1 Å². The minimum Gasteiger partial charge on any atom is -0.380 e. The van der Waals surface area contributed by atoms with E-state index in [-0.39, 0.29) is 5.91 Å². The number of thiazole rings is 1. The summed E-state index contributed by atoms with van der Waals surface area (Å²) in [5, 5.41) is 5.23. The first-order valence-electron chi connectivity index (χ1n) is 6.85. The largest absolute Gasteiger partial charge is 0.380 e. The zero-order valence-electron chi connectivity index (χ0n) is 11.8. The second-order valence-corrected chi connectivity index (χ2v) is 5.83. The fourth-order valence-corrected chi connectivity index (χ4v) is 2.96. The maximum Gasteiger partial charge on any atom is 0.257 e. The molecule has 6 heteroatoms. The van der Waals surface area contributed by atoms with E-state index in [1.54, 1.807) is 13.3 Å². The average molecular weight is 303 g/mol. The SMILES string of the molecule is CO[C@@H]1CCN(c2ccc(C(=O)Nc3nccs3)cc2)C1. The molecule has 0 saturated carbocycles. The molecule has 0 spiro atoms. The van der Waals surface area contributed by atoms with E-state index in [1.807, 2.05) is 29.6 Å². The highest BCUT2D eigenvalue weighted by atomic mass is 32.1. The third kappa shape index (κ3) is 3.22. The Morgan fingerprint density at radius 3 is 2.86 bits per heavy atom. The van der Waals surface area contributed by atoms with Crippen molar-refractivity contribution in [3.05, 3.63) is 41.4 Å². The topological polar surface area (TPSA) is 54.5 Å². The van der Waals surface area contributed by atoms with Crippen LogP contribution in [0, 0.1) is 0 Å². The summed E-state index contributed by atoms with van der Waals surface area (Å²) in [5.74, 6) is -0.132. The Morgan fingerprint density at radius 1 is 1.43 bits per heavy atom. The lowest BCUT2D eigenvalue weighted by atomic mass is 10.2.